The first kappa shape index (κ1) is 14.2. The molecule has 1 unspecified atom stereocenters. The minimum atomic E-state index is -1.16. The van der Waals surface area contributed by atoms with Crippen molar-refractivity contribution in [2.24, 2.45) is 0 Å². The van der Waals surface area contributed by atoms with E-state index in [-0.39, 0.29) is 6.54 Å². The highest BCUT2D eigenvalue weighted by Crippen LogP contribution is 2.17. The molecule has 90 valence electrons. The lowest BCUT2D eigenvalue weighted by Gasteiger charge is -2.36. The fraction of sp³-hybridized carbons (Fsp3) is 0.700. The van der Waals surface area contributed by atoms with E-state index in [1.807, 2.05) is 0 Å². The molecule has 2 N–H and O–H groups in total. The van der Waals surface area contributed by atoms with Crippen LogP contribution in [-0.2, 0) is 4.79 Å². The molecule has 2 amide bonds. The van der Waals surface area contributed by atoms with Crippen LogP contribution in [0.2, 0.25) is 0 Å². The summed E-state index contributed by atoms with van der Waals surface area (Å²) in [5.74, 6) is -0.473. The van der Waals surface area contributed by atoms with Crippen molar-refractivity contribution in [3.8, 4) is 6.07 Å². The number of rotatable bonds is 3. The molecule has 0 saturated carbocycles. The number of hydrogen-bond acceptors (Lipinski definition) is 3. The predicted octanol–water partition coefficient (Wildman–Crippen LogP) is 0.793. The molecule has 0 fully saturated rings. The second-order valence-electron chi connectivity index (χ2n) is 4.38. The van der Waals surface area contributed by atoms with Gasteiger partial charge in [-0.15, -0.1) is 0 Å². The van der Waals surface area contributed by atoms with E-state index in [4.69, 9.17) is 10.4 Å². The summed E-state index contributed by atoms with van der Waals surface area (Å²) >= 11 is 0. The normalized spacial score (nSPS) is 12.4. The molecule has 0 aliphatic heterocycles. The van der Waals surface area contributed by atoms with Crippen LogP contribution in [0.25, 0.3) is 0 Å². The molecule has 0 radical (unpaired) electrons. The first-order valence-electron chi connectivity index (χ1n) is 4.88. The largest absolute Gasteiger partial charge is 0.465 e. The van der Waals surface area contributed by atoms with Gasteiger partial charge in [-0.3, -0.25) is 9.69 Å². The molecule has 0 rings (SSSR count). The van der Waals surface area contributed by atoms with Crippen molar-refractivity contribution in [1.82, 2.24) is 10.2 Å². The summed E-state index contributed by atoms with van der Waals surface area (Å²) in [5.41, 5.74) is -0.671. The SMILES string of the molecule is CC(C(=O)NCC#N)N(C(=O)O)C(C)(C)C. The Kier molecular flexibility index (Phi) is 4.76. The van der Waals surface area contributed by atoms with Crippen molar-refractivity contribution in [2.75, 3.05) is 6.54 Å². The standard InChI is InChI=1S/C10H17N3O3/c1-7(8(14)12-6-5-11)13(9(15)16)10(2,3)4/h7H,6H2,1-4H3,(H,12,14)(H,15,16). The maximum atomic E-state index is 11.5. The molecule has 0 spiro atoms. The highest BCUT2D eigenvalue weighted by atomic mass is 16.4. The number of carbonyl (C=O) groups is 2. The van der Waals surface area contributed by atoms with E-state index in [2.05, 4.69) is 5.32 Å². The topological polar surface area (TPSA) is 93.4 Å². The smallest absolute Gasteiger partial charge is 0.408 e. The van der Waals surface area contributed by atoms with E-state index in [9.17, 15) is 9.59 Å². The third-order valence-electron chi connectivity index (χ3n) is 2.04. The first-order chi connectivity index (χ1) is 7.21. The highest BCUT2D eigenvalue weighted by Gasteiger charge is 2.34. The van der Waals surface area contributed by atoms with Crippen molar-refractivity contribution in [3.63, 3.8) is 0 Å². The quantitative estimate of drug-likeness (QED) is 0.697. The second kappa shape index (κ2) is 5.35. The zero-order valence-corrected chi connectivity index (χ0v) is 9.94. The van der Waals surface area contributed by atoms with Gasteiger partial charge >= 0.3 is 6.09 Å². The van der Waals surface area contributed by atoms with Gasteiger partial charge < -0.3 is 10.4 Å². The van der Waals surface area contributed by atoms with Gasteiger partial charge in [0, 0.05) is 5.54 Å². The van der Waals surface area contributed by atoms with E-state index in [0.717, 1.165) is 4.90 Å². The van der Waals surface area contributed by atoms with E-state index < -0.39 is 23.6 Å². The summed E-state index contributed by atoms with van der Waals surface area (Å²) in [7, 11) is 0. The van der Waals surface area contributed by atoms with Crippen molar-refractivity contribution in [1.29, 1.82) is 5.26 Å². The average Bonchev–Trinajstić information content (AvgIpc) is 2.10. The average molecular weight is 227 g/mol. The van der Waals surface area contributed by atoms with Crippen LogP contribution in [0.1, 0.15) is 27.7 Å². The van der Waals surface area contributed by atoms with Gasteiger partial charge in [-0.25, -0.2) is 4.79 Å². The van der Waals surface area contributed by atoms with Crippen LogP contribution in [-0.4, -0.2) is 40.1 Å². The van der Waals surface area contributed by atoms with E-state index >= 15 is 0 Å². The van der Waals surface area contributed by atoms with E-state index in [0.29, 0.717) is 0 Å². The van der Waals surface area contributed by atoms with Crippen LogP contribution in [0.5, 0.6) is 0 Å². The number of amides is 2. The Morgan fingerprint density at radius 2 is 2.00 bits per heavy atom. The zero-order chi connectivity index (χ0) is 12.9. The molecule has 6 heteroatoms. The third kappa shape index (κ3) is 3.77. The molecule has 0 aliphatic carbocycles. The van der Waals surface area contributed by atoms with Crippen LogP contribution in [0.3, 0.4) is 0 Å². The molecular weight excluding hydrogens is 210 g/mol. The van der Waals surface area contributed by atoms with Gasteiger partial charge in [0.15, 0.2) is 0 Å². The van der Waals surface area contributed by atoms with Gasteiger partial charge in [0.2, 0.25) is 5.91 Å². The van der Waals surface area contributed by atoms with Gasteiger partial charge in [-0.2, -0.15) is 5.26 Å². The van der Waals surface area contributed by atoms with E-state index in [1.165, 1.54) is 6.92 Å². The fourth-order valence-electron chi connectivity index (χ4n) is 1.43. The molecule has 1 atom stereocenters. The van der Waals surface area contributed by atoms with Crippen molar-refractivity contribution in [3.05, 3.63) is 0 Å². The fourth-order valence-corrected chi connectivity index (χ4v) is 1.43. The molecule has 0 aromatic heterocycles. The van der Waals surface area contributed by atoms with Crippen molar-refractivity contribution in [2.45, 2.75) is 39.3 Å². The zero-order valence-electron chi connectivity index (χ0n) is 9.94. The molecule has 16 heavy (non-hydrogen) atoms. The highest BCUT2D eigenvalue weighted by molar-refractivity contribution is 5.85. The van der Waals surface area contributed by atoms with Crippen LogP contribution in [0, 0.1) is 11.3 Å². The molecule has 0 aromatic carbocycles. The summed E-state index contributed by atoms with van der Waals surface area (Å²) in [5, 5.41) is 19.7. The molecule has 0 aromatic rings. The van der Waals surface area contributed by atoms with Gasteiger partial charge in [-0.1, -0.05) is 0 Å². The minimum Gasteiger partial charge on any atom is -0.465 e. The first-order valence-corrected chi connectivity index (χ1v) is 4.88. The van der Waals surface area contributed by atoms with Crippen LogP contribution >= 0.6 is 0 Å². The van der Waals surface area contributed by atoms with Gasteiger partial charge in [0.05, 0.1) is 6.07 Å². The van der Waals surface area contributed by atoms with Gasteiger partial charge in [0.1, 0.15) is 12.6 Å². The summed E-state index contributed by atoms with van der Waals surface area (Å²) in [4.78, 5) is 23.6. The van der Waals surface area contributed by atoms with Crippen molar-refractivity contribution >= 4 is 12.0 Å². The Labute approximate surface area is 94.8 Å². The van der Waals surface area contributed by atoms with Crippen molar-refractivity contribution < 1.29 is 14.7 Å². The summed E-state index contributed by atoms with van der Waals surface area (Å²) < 4.78 is 0. The third-order valence-corrected chi connectivity index (χ3v) is 2.04. The number of hydrogen-bond donors (Lipinski definition) is 2. The molecule has 0 aliphatic rings. The molecule has 6 nitrogen and oxygen atoms in total. The molecule has 0 heterocycles. The molecular formula is C10H17N3O3. The minimum absolute atomic E-state index is 0.124. The Hall–Kier alpha value is -1.77. The monoisotopic (exact) mass is 227 g/mol. The lowest BCUT2D eigenvalue weighted by Crippen LogP contribution is -2.55. The van der Waals surface area contributed by atoms with Crippen LogP contribution in [0.15, 0.2) is 0 Å². The Balaban J connectivity index is 4.77. The summed E-state index contributed by atoms with van der Waals surface area (Å²) in [6.07, 6.45) is -1.16. The second-order valence-corrected chi connectivity index (χ2v) is 4.38. The maximum Gasteiger partial charge on any atom is 0.408 e. The Morgan fingerprint density at radius 3 is 2.31 bits per heavy atom. The predicted molar refractivity (Wildman–Crippen MR) is 57.7 cm³/mol. The van der Waals surface area contributed by atoms with Crippen LogP contribution < -0.4 is 5.32 Å². The lowest BCUT2D eigenvalue weighted by atomic mass is 10.0. The van der Waals surface area contributed by atoms with E-state index in [1.54, 1.807) is 26.8 Å². The summed E-state index contributed by atoms with van der Waals surface area (Å²) in [6, 6.07) is 0.935. The Morgan fingerprint density at radius 1 is 1.50 bits per heavy atom. The van der Waals surface area contributed by atoms with Gasteiger partial charge in [0.25, 0.3) is 0 Å². The summed E-state index contributed by atoms with van der Waals surface area (Å²) in [6.45, 7) is 6.48. The lowest BCUT2D eigenvalue weighted by molar-refractivity contribution is -0.126. The number of nitrogens with zero attached hydrogens (tertiary/aromatic N) is 2. The number of carbonyl (C=O) groups excluding carboxylic acids is 1. The number of carboxylic acid groups (broad SMARTS) is 1. The van der Waals surface area contributed by atoms with Crippen LogP contribution in [0.4, 0.5) is 4.79 Å². The number of nitriles is 1. The number of nitrogens with one attached hydrogen (secondary N) is 1. The maximum absolute atomic E-state index is 11.5. The molecule has 0 saturated heterocycles. The Bertz CT molecular complexity index is 314. The van der Waals surface area contributed by atoms with Gasteiger partial charge in [-0.05, 0) is 27.7 Å². The molecule has 0 bridgehead atoms.